The number of fused-ring (bicyclic) bond motifs is 5. The number of imide groups is 1. The van der Waals surface area contributed by atoms with Crippen molar-refractivity contribution < 1.29 is 23.9 Å². The van der Waals surface area contributed by atoms with Crippen LogP contribution in [0.3, 0.4) is 0 Å². The maximum atomic E-state index is 14.0. The van der Waals surface area contributed by atoms with Gasteiger partial charge in [-0.2, -0.15) is 0 Å². The van der Waals surface area contributed by atoms with Crippen LogP contribution in [0.15, 0.2) is 79.0 Å². The Bertz CT molecular complexity index is 1500. The van der Waals surface area contributed by atoms with Gasteiger partial charge in [-0.25, -0.2) is 4.90 Å². The van der Waals surface area contributed by atoms with E-state index in [4.69, 9.17) is 16.3 Å². The molecule has 0 saturated carbocycles. The Balaban J connectivity index is 1.45. The molecule has 3 aromatic carbocycles. The van der Waals surface area contributed by atoms with Gasteiger partial charge in [0.05, 0.1) is 28.6 Å². The van der Waals surface area contributed by atoms with E-state index in [9.17, 15) is 19.2 Å². The summed E-state index contributed by atoms with van der Waals surface area (Å²) < 4.78 is 5.08. The van der Waals surface area contributed by atoms with E-state index in [1.165, 1.54) is 19.1 Å². The number of benzene rings is 3. The molecule has 3 aliphatic rings. The van der Waals surface area contributed by atoms with Crippen LogP contribution in [0.25, 0.3) is 6.08 Å². The molecule has 7 nitrogen and oxygen atoms in total. The number of Topliss-reactive ketones (excluding diaryl/α,β-unsaturated/α-hetero) is 1. The zero-order valence-electron chi connectivity index (χ0n) is 19.7. The molecule has 3 aromatic rings. The molecule has 2 saturated heterocycles. The predicted octanol–water partition coefficient (Wildman–Crippen LogP) is 4.66. The number of esters is 1. The van der Waals surface area contributed by atoms with Crippen molar-refractivity contribution in [3.8, 4) is 5.75 Å². The summed E-state index contributed by atoms with van der Waals surface area (Å²) >= 11 is 6.39. The van der Waals surface area contributed by atoms with Crippen LogP contribution in [0.1, 0.15) is 34.5 Å². The molecular formula is C29H21ClN2O5. The van der Waals surface area contributed by atoms with Crippen LogP contribution in [-0.4, -0.2) is 34.5 Å². The van der Waals surface area contributed by atoms with Crippen molar-refractivity contribution in [1.82, 2.24) is 4.90 Å². The number of ketones is 1. The van der Waals surface area contributed by atoms with Gasteiger partial charge in [0.15, 0.2) is 5.78 Å². The molecule has 6 rings (SSSR count). The Morgan fingerprint density at radius 2 is 1.54 bits per heavy atom. The van der Waals surface area contributed by atoms with Crippen molar-refractivity contribution in [2.24, 2.45) is 11.8 Å². The molecule has 2 fully saturated rings. The fraction of sp³-hybridized carbons (Fsp3) is 0.172. The third-order valence-electron chi connectivity index (χ3n) is 7.22. The minimum Gasteiger partial charge on any atom is -0.427 e. The van der Waals surface area contributed by atoms with Gasteiger partial charge in [-0.1, -0.05) is 48.0 Å². The van der Waals surface area contributed by atoms with Gasteiger partial charge in [0, 0.05) is 18.7 Å². The molecular weight excluding hydrogens is 492 g/mol. The molecule has 0 aliphatic carbocycles. The molecule has 3 aliphatic heterocycles. The Hall–Kier alpha value is -4.23. The second kappa shape index (κ2) is 8.71. The summed E-state index contributed by atoms with van der Waals surface area (Å²) in [5.74, 6) is -2.92. The Morgan fingerprint density at radius 3 is 2.27 bits per heavy atom. The summed E-state index contributed by atoms with van der Waals surface area (Å²) in [5.41, 5.74) is 2.50. The van der Waals surface area contributed by atoms with Crippen molar-refractivity contribution in [2.75, 3.05) is 4.90 Å². The molecule has 0 unspecified atom stereocenters. The second-order valence-corrected chi connectivity index (χ2v) is 9.69. The van der Waals surface area contributed by atoms with Gasteiger partial charge >= 0.3 is 5.97 Å². The Labute approximate surface area is 217 Å². The first-order valence-corrected chi connectivity index (χ1v) is 12.2. The summed E-state index contributed by atoms with van der Waals surface area (Å²) in [4.78, 5) is 56.0. The highest BCUT2D eigenvalue weighted by Gasteiger charge is 2.64. The van der Waals surface area contributed by atoms with E-state index in [1.54, 1.807) is 36.4 Å². The average Bonchev–Trinajstić information content (AvgIpc) is 3.37. The van der Waals surface area contributed by atoms with E-state index in [2.05, 4.69) is 0 Å². The standard InChI is InChI=1S/C29H21ClN2O5/c1-16(33)37-19-12-10-18(11-13-19)27(34)26-24-23(25-20-7-3-2-6-17(20)14-15-31(25)26)28(35)32(29(24)36)22-9-5-4-8-21(22)30/h2-15,23-26H,1H3/t23-,24-,25+,26+/m1/s1. The van der Waals surface area contributed by atoms with Crippen LogP contribution in [-0.2, 0) is 14.4 Å². The molecule has 8 heteroatoms. The molecule has 184 valence electrons. The summed E-state index contributed by atoms with van der Waals surface area (Å²) in [7, 11) is 0. The number of hydrogen-bond acceptors (Lipinski definition) is 6. The lowest BCUT2D eigenvalue weighted by atomic mass is 9.83. The highest BCUT2D eigenvalue weighted by Crippen LogP contribution is 2.54. The number of anilines is 1. The van der Waals surface area contributed by atoms with Crippen LogP contribution < -0.4 is 9.64 Å². The molecule has 2 amide bonds. The first-order chi connectivity index (χ1) is 17.9. The van der Waals surface area contributed by atoms with Gasteiger partial charge in [-0.15, -0.1) is 0 Å². The summed E-state index contributed by atoms with van der Waals surface area (Å²) in [6.07, 6.45) is 3.71. The fourth-order valence-electron chi connectivity index (χ4n) is 5.75. The van der Waals surface area contributed by atoms with Crippen molar-refractivity contribution in [3.05, 3.63) is 101 Å². The molecule has 4 atom stereocenters. The molecule has 0 spiro atoms. The molecule has 0 N–H and O–H groups in total. The normalized spacial score (nSPS) is 23.5. The molecule has 3 heterocycles. The van der Waals surface area contributed by atoms with Gasteiger partial charge < -0.3 is 9.64 Å². The van der Waals surface area contributed by atoms with Gasteiger partial charge in [0.25, 0.3) is 0 Å². The third kappa shape index (κ3) is 3.57. The number of ether oxygens (including phenoxy) is 1. The maximum absolute atomic E-state index is 14.0. The summed E-state index contributed by atoms with van der Waals surface area (Å²) in [6, 6.07) is 19.2. The predicted molar refractivity (Wildman–Crippen MR) is 137 cm³/mol. The zero-order chi connectivity index (χ0) is 25.8. The Kier molecular flexibility index (Phi) is 5.46. The van der Waals surface area contributed by atoms with E-state index < -0.39 is 35.8 Å². The number of amides is 2. The first-order valence-electron chi connectivity index (χ1n) is 11.9. The topological polar surface area (TPSA) is 84.0 Å². The number of nitrogens with zero attached hydrogens (tertiary/aromatic N) is 2. The van der Waals surface area contributed by atoms with Crippen molar-refractivity contribution in [2.45, 2.75) is 19.0 Å². The van der Waals surface area contributed by atoms with Crippen LogP contribution >= 0.6 is 11.6 Å². The van der Waals surface area contributed by atoms with Gasteiger partial charge in [-0.3, -0.25) is 19.2 Å². The number of hydrogen-bond donors (Lipinski definition) is 0. The van der Waals surface area contributed by atoms with Crippen LogP contribution in [0.4, 0.5) is 5.69 Å². The second-order valence-electron chi connectivity index (χ2n) is 9.28. The van der Waals surface area contributed by atoms with E-state index in [1.807, 2.05) is 41.4 Å². The minimum absolute atomic E-state index is 0.286. The van der Waals surface area contributed by atoms with Crippen molar-refractivity contribution in [1.29, 1.82) is 0 Å². The smallest absolute Gasteiger partial charge is 0.308 e. The van der Waals surface area contributed by atoms with E-state index in [-0.39, 0.29) is 16.7 Å². The quantitative estimate of drug-likeness (QED) is 0.219. The average molecular weight is 513 g/mol. The molecule has 0 aromatic heterocycles. The Morgan fingerprint density at radius 1 is 0.865 bits per heavy atom. The van der Waals surface area contributed by atoms with Crippen molar-refractivity contribution in [3.63, 3.8) is 0 Å². The number of para-hydroxylation sites is 1. The third-order valence-corrected chi connectivity index (χ3v) is 7.54. The SMILES string of the molecule is CC(=O)Oc1ccc(C(=O)[C@@H]2[C@@H]3C(=O)N(c4ccccc4Cl)C(=O)[C@H]3[C@@H]3c4ccccc4C=CN23)cc1. The minimum atomic E-state index is -0.900. The summed E-state index contributed by atoms with van der Waals surface area (Å²) in [5, 5.41) is 0.286. The van der Waals surface area contributed by atoms with Gasteiger partial charge in [0.2, 0.25) is 11.8 Å². The summed E-state index contributed by atoms with van der Waals surface area (Å²) in [6.45, 7) is 1.30. The monoisotopic (exact) mass is 512 g/mol. The van der Waals surface area contributed by atoms with Gasteiger partial charge in [-0.05, 0) is 53.6 Å². The van der Waals surface area contributed by atoms with E-state index in [0.717, 1.165) is 16.0 Å². The molecule has 0 bridgehead atoms. The largest absolute Gasteiger partial charge is 0.427 e. The highest BCUT2D eigenvalue weighted by atomic mass is 35.5. The van der Waals surface area contributed by atoms with Gasteiger partial charge in [0.1, 0.15) is 11.8 Å². The maximum Gasteiger partial charge on any atom is 0.308 e. The molecule has 0 radical (unpaired) electrons. The first kappa shape index (κ1) is 23.2. The van der Waals surface area contributed by atoms with Crippen molar-refractivity contribution >= 4 is 46.9 Å². The zero-order valence-corrected chi connectivity index (χ0v) is 20.5. The molecule has 37 heavy (non-hydrogen) atoms. The number of rotatable bonds is 4. The lowest BCUT2D eigenvalue weighted by Crippen LogP contribution is -2.44. The van der Waals surface area contributed by atoms with Crippen LogP contribution in [0, 0.1) is 11.8 Å². The van der Waals surface area contributed by atoms with Crippen LogP contribution in [0.5, 0.6) is 5.75 Å². The highest BCUT2D eigenvalue weighted by molar-refractivity contribution is 6.36. The fourth-order valence-corrected chi connectivity index (χ4v) is 5.97. The van der Waals surface area contributed by atoms with E-state index in [0.29, 0.717) is 17.0 Å². The number of carbonyl (C=O) groups is 4. The van der Waals surface area contributed by atoms with E-state index >= 15 is 0 Å². The lowest BCUT2D eigenvalue weighted by molar-refractivity contribution is -0.132. The van der Waals surface area contributed by atoms with Crippen LogP contribution in [0.2, 0.25) is 5.02 Å². The lowest BCUT2D eigenvalue weighted by Gasteiger charge is -2.35. The number of halogens is 1. The number of carbonyl (C=O) groups excluding carboxylic acids is 4.